The van der Waals surface area contributed by atoms with E-state index in [0.717, 1.165) is 12.3 Å². The summed E-state index contributed by atoms with van der Waals surface area (Å²) in [7, 11) is 0. The minimum absolute atomic E-state index is 0.0883. The fraction of sp³-hybridized carbons (Fsp3) is 0.312. The average molecular weight is 370 g/mol. The molecular weight excluding hydrogens is 353 g/mol. The monoisotopic (exact) mass is 370 g/mol. The SMILES string of the molecule is O=C(CCNC(=O)c1ccco1)NCCNc1ccc(C(F)(F)F)cn1. The van der Waals surface area contributed by atoms with Crippen molar-refractivity contribution in [2.45, 2.75) is 12.6 Å². The Balaban J connectivity index is 1.59. The number of pyridine rings is 1. The second kappa shape index (κ2) is 8.88. The van der Waals surface area contributed by atoms with Crippen molar-refractivity contribution >= 4 is 17.6 Å². The molecule has 0 radical (unpaired) electrons. The van der Waals surface area contributed by atoms with Crippen molar-refractivity contribution in [3.8, 4) is 0 Å². The van der Waals surface area contributed by atoms with Gasteiger partial charge >= 0.3 is 6.18 Å². The average Bonchev–Trinajstić information content (AvgIpc) is 3.13. The molecule has 2 heterocycles. The number of alkyl halides is 3. The highest BCUT2D eigenvalue weighted by Crippen LogP contribution is 2.28. The molecule has 0 aliphatic carbocycles. The zero-order valence-electron chi connectivity index (χ0n) is 13.6. The normalized spacial score (nSPS) is 11.0. The third-order valence-corrected chi connectivity index (χ3v) is 3.23. The van der Waals surface area contributed by atoms with Crippen LogP contribution in [0.4, 0.5) is 19.0 Å². The summed E-state index contributed by atoms with van der Waals surface area (Å²) in [5.41, 5.74) is -0.826. The molecule has 0 bridgehead atoms. The van der Waals surface area contributed by atoms with Crippen LogP contribution >= 0.6 is 0 Å². The topological polar surface area (TPSA) is 96.3 Å². The molecule has 10 heteroatoms. The molecule has 0 saturated carbocycles. The summed E-state index contributed by atoms with van der Waals surface area (Å²) in [5, 5.41) is 7.95. The lowest BCUT2D eigenvalue weighted by atomic mass is 10.3. The van der Waals surface area contributed by atoms with E-state index in [9.17, 15) is 22.8 Å². The van der Waals surface area contributed by atoms with E-state index in [-0.39, 0.29) is 37.0 Å². The van der Waals surface area contributed by atoms with Gasteiger partial charge in [0.25, 0.3) is 5.91 Å². The maximum atomic E-state index is 12.4. The number of furan rings is 1. The van der Waals surface area contributed by atoms with Gasteiger partial charge in [-0.05, 0) is 24.3 Å². The van der Waals surface area contributed by atoms with Crippen LogP contribution in [0.2, 0.25) is 0 Å². The molecule has 7 nitrogen and oxygen atoms in total. The van der Waals surface area contributed by atoms with E-state index >= 15 is 0 Å². The smallest absolute Gasteiger partial charge is 0.417 e. The molecule has 26 heavy (non-hydrogen) atoms. The van der Waals surface area contributed by atoms with Crippen molar-refractivity contribution in [3.05, 3.63) is 48.0 Å². The Morgan fingerprint density at radius 3 is 2.50 bits per heavy atom. The molecule has 0 aliphatic rings. The minimum atomic E-state index is -4.42. The van der Waals surface area contributed by atoms with E-state index < -0.39 is 17.6 Å². The fourth-order valence-electron chi connectivity index (χ4n) is 1.93. The molecule has 0 unspecified atom stereocenters. The second-order valence-corrected chi connectivity index (χ2v) is 5.19. The van der Waals surface area contributed by atoms with Crippen LogP contribution in [0.5, 0.6) is 0 Å². The highest BCUT2D eigenvalue weighted by atomic mass is 19.4. The number of nitrogens with zero attached hydrogens (tertiary/aromatic N) is 1. The molecular formula is C16H17F3N4O3. The summed E-state index contributed by atoms with van der Waals surface area (Å²) in [5.74, 6) is -0.235. The first-order valence-electron chi connectivity index (χ1n) is 7.72. The molecule has 0 aromatic carbocycles. The number of hydrogen-bond acceptors (Lipinski definition) is 5. The molecule has 3 N–H and O–H groups in total. The summed E-state index contributed by atoms with van der Waals surface area (Å²) in [6, 6.07) is 5.24. The Kier molecular flexibility index (Phi) is 6.59. The number of nitrogens with one attached hydrogen (secondary N) is 3. The molecule has 2 aromatic rings. The third-order valence-electron chi connectivity index (χ3n) is 3.23. The van der Waals surface area contributed by atoms with Gasteiger partial charge in [0, 0.05) is 32.3 Å². The van der Waals surface area contributed by atoms with Crippen molar-refractivity contribution in [3.63, 3.8) is 0 Å². The summed E-state index contributed by atoms with van der Waals surface area (Å²) >= 11 is 0. The standard InChI is InChI=1S/C16H17F3N4O3/c17-16(18,19)11-3-4-13(23-10-11)20-7-8-21-14(24)5-6-22-15(25)12-2-1-9-26-12/h1-4,9-10H,5-8H2,(H,20,23)(H,21,24)(H,22,25). The number of amides is 2. The molecule has 0 spiro atoms. The van der Waals surface area contributed by atoms with Crippen molar-refractivity contribution < 1.29 is 27.2 Å². The number of anilines is 1. The Morgan fingerprint density at radius 1 is 1.08 bits per heavy atom. The van der Waals surface area contributed by atoms with Crippen LogP contribution in [-0.4, -0.2) is 36.4 Å². The third kappa shape index (κ3) is 6.11. The maximum absolute atomic E-state index is 12.4. The van der Waals surface area contributed by atoms with Crippen LogP contribution in [0.1, 0.15) is 22.5 Å². The van der Waals surface area contributed by atoms with E-state index in [1.165, 1.54) is 18.4 Å². The molecule has 0 aliphatic heterocycles. The highest BCUT2D eigenvalue weighted by Gasteiger charge is 2.30. The summed E-state index contributed by atoms with van der Waals surface area (Å²) in [6.07, 6.45) is -2.22. The van der Waals surface area contributed by atoms with Crippen molar-refractivity contribution in [2.75, 3.05) is 25.0 Å². The van der Waals surface area contributed by atoms with Gasteiger partial charge in [-0.1, -0.05) is 0 Å². The van der Waals surface area contributed by atoms with Crippen LogP contribution < -0.4 is 16.0 Å². The van der Waals surface area contributed by atoms with Crippen LogP contribution in [0.15, 0.2) is 41.1 Å². The van der Waals surface area contributed by atoms with E-state index in [4.69, 9.17) is 4.42 Å². The van der Waals surface area contributed by atoms with Crippen LogP contribution in [-0.2, 0) is 11.0 Å². The second-order valence-electron chi connectivity index (χ2n) is 5.19. The van der Waals surface area contributed by atoms with Gasteiger partial charge in [-0.25, -0.2) is 4.98 Å². The fourth-order valence-corrected chi connectivity index (χ4v) is 1.93. The lowest BCUT2D eigenvalue weighted by Gasteiger charge is -2.09. The van der Waals surface area contributed by atoms with Gasteiger partial charge in [0.15, 0.2) is 5.76 Å². The number of aromatic nitrogens is 1. The number of carbonyl (C=O) groups is 2. The van der Waals surface area contributed by atoms with Gasteiger partial charge in [-0.15, -0.1) is 0 Å². The van der Waals surface area contributed by atoms with Crippen molar-refractivity contribution in [1.29, 1.82) is 0 Å². The minimum Gasteiger partial charge on any atom is -0.459 e. The summed E-state index contributed by atoms with van der Waals surface area (Å²) < 4.78 is 42.1. The Bertz CT molecular complexity index is 715. The summed E-state index contributed by atoms with van der Waals surface area (Å²) in [4.78, 5) is 26.8. The zero-order valence-corrected chi connectivity index (χ0v) is 13.6. The van der Waals surface area contributed by atoms with Gasteiger partial charge < -0.3 is 20.4 Å². The van der Waals surface area contributed by atoms with Gasteiger partial charge in [0.05, 0.1) is 11.8 Å². The van der Waals surface area contributed by atoms with Crippen LogP contribution in [0.3, 0.4) is 0 Å². The zero-order chi connectivity index (χ0) is 19.0. The van der Waals surface area contributed by atoms with Crippen LogP contribution in [0.25, 0.3) is 0 Å². The first-order valence-corrected chi connectivity index (χ1v) is 7.72. The summed E-state index contributed by atoms with van der Waals surface area (Å²) in [6.45, 7) is 0.704. The largest absolute Gasteiger partial charge is 0.459 e. The van der Waals surface area contributed by atoms with E-state index in [2.05, 4.69) is 20.9 Å². The molecule has 0 atom stereocenters. The van der Waals surface area contributed by atoms with Gasteiger partial charge in [0.2, 0.25) is 5.91 Å². The first-order chi connectivity index (χ1) is 12.4. The maximum Gasteiger partial charge on any atom is 0.417 e. The van der Waals surface area contributed by atoms with E-state index in [1.54, 1.807) is 6.07 Å². The predicted octanol–water partition coefficient (Wildman–Crippen LogP) is 2.04. The highest BCUT2D eigenvalue weighted by molar-refractivity contribution is 5.91. The molecule has 2 rings (SSSR count). The van der Waals surface area contributed by atoms with Gasteiger partial charge in [0.1, 0.15) is 5.82 Å². The lowest BCUT2D eigenvalue weighted by molar-refractivity contribution is -0.137. The first kappa shape index (κ1) is 19.3. The van der Waals surface area contributed by atoms with Gasteiger partial charge in [-0.3, -0.25) is 9.59 Å². The lowest BCUT2D eigenvalue weighted by Crippen LogP contribution is -2.33. The number of carbonyl (C=O) groups excluding carboxylic acids is 2. The Labute approximate surface area is 147 Å². The molecule has 0 fully saturated rings. The number of halogens is 3. The molecule has 2 amide bonds. The Hall–Kier alpha value is -3.04. The molecule has 2 aromatic heterocycles. The van der Waals surface area contributed by atoms with Crippen molar-refractivity contribution in [2.24, 2.45) is 0 Å². The molecule has 0 saturated heterocycles. The Morgan fingerprint density at radius 2 is 1.88 bits per heavy atom. The van der Waals surface area contributed by atoms with Gasteiger partial charge in [-0.2, -0.15) is 13.2 Å². The van der Waals surface area contributed by atoms with E-state index in [1.807, 2.05) is 0 Å². The van der Waals surface area contributed by atoms with E-state index in [0.29, 0.717) is 6.54 Å². The molecule has 140 valence electrons. The number of rotatable bonds is 8. The number of hydrogen-bond donors (Lipinski definition) is 3. The predicted molar refractivity (Wildman–Crippen MR) is 86.4 cm³/mol. The quantitative estimate of drug-likeness (QED) is 0.618. The van der Waals surface area contributed by atoms with Crippen molar-refractivity contribution in [1.82, 2.24) is 15.6 Å². The van der Waals surface area contributed by atoms with Crippen LogP contribution in [0, 0.1) is 0 Å².